The maximum absolute atomic E-state index is 10.5. The van der Waals surface area contributed by atoms with E-state index in [-0.39, 0.29) is 11.8 Å². The van der Waals surface area contributed by atoms with Gasteiger partial charge in [0.1, 0.15) is 5.82 Å². The molecule has 3 aromatic carbocycles. The van der Waals surface area contributed by atoms with Gasteiger partial charge < -0.3 is 15.2 Å². The number of hydrogen-bond acceptors (Lipinski definition) is 5. The van der Waals surface area contributed by atoms with Gasteiger partial charge in [-0.25, -0.2) is 9.97 Å². The van der Waals surface area contributed by atoms with E-state index in [0.717, 1.165) is 22.3 Å². The maximum atomic E-state index is 10.5. The topological polar surface area (TPSA) is 67.3 Å². The molecule has 0 aliphatic rings. The van der Waals surface area contributed by atoms with Crippen LogP contribution in [-0.4, -0.2) is 22.2 Å². The van der Waals surface area contributed by atoms with Gasteiger partial charge in [0.15, 0.2) is 17.3 Å². The van der Waals surface area contributed by atoms with E-state index in [4.69, 9.17) is 9.72 Å². The molecular weight excluding hydrogens is 350 g/mol. The summed E-state index contributed by atoms with van der Waals surface area (Å²) in [7, 11) is 1.52. The summed E-state index contributed by atoms with van der Waals surface area (Å²) in [4.78, 5) is 9.39. The number of anilines is 1. The predicted octanol–water partition coefficient (Wildman–Crippen LogP) is 5.18. The van der Waals surface area contributed by atoms with Crippen molar-refractivity contribution in [2.45, 2.75) is 13.0 Å². The number of para-hydroxylation sites is 2. The molecule has 0 fully saturated rings. The number of aromatic hydroxyl groups is 1. The fourth-order valence-electron chi connectivity index (χ4n) is 3.20. The van der Waals surface area contributed by atoms with E-state index in [1.165, 1.54) is 7.11 Å². The molecule has 0 unspecified atom stereocenters. The van der Waals surface area contributed by atoms with Crippen LogP contribution >= 0.6 is 0 Å². The summed E-state index contributed by atoms with van der Waals surface area (Å²) in [6.45, 7) is 2.09. The van der Waals surface area contributed by atoms with Gasteiger partial charge in [0.2, 0.25) is 0 Å². The second-order valence-corrected chi connectivity index (χ2v) is 6.55. The fraction of sp³-hybridized carbons (Fsp3) is 0.130. The molecule has 0 amide bonds. The number of nitrogens with one attached hydrogen (secondary N) is 1. The van der Waals surface area contributed by atoms with E-state index in [9.17, 15) is 5.11 Å². The van der Waals surface area contributed by atoms with Gasteiger partial charge in [0.25, 0.3) is 0 Å². The lowest BCUT2D eigenvalue weighted by atomic mass is 10.1. The van der Waals surface area contributed by atoms with Gasteiger partial charge in [0.05, 0.1) is 18.2 Å². The Labute approximate surface area is 163 Å². The Kier molecular flexibility index (Phi) is 4.81. The molecule has 0 saturated carbocycles. The van der Waals surface area contributed by atoms with Gasteiger partial charge in [-0.05, 0) is 36.8 Å². The standard InChI is InChI=1S/C23H21N3O2/c1-15(16-9-4-3-5-10-16)24-22-17-11-6-7-13-19(17)25-23(26-22)18-12-8-14-20(28-2)21(18)27/h3-15,27H,1-2H3,(H,24,25,26)/t15-/m0/s1. The first-order chi connectivity index (χ1) is 13.7. The average molecular weight is 371 g/mol. The van der Waals surface area contributed by atoms with Crippen LogP contribution in [0.2, 0.25) is 0 Å². The van der Waals surface area contributed by atoms with Crippen LogP contribution in [0.5, 0.6) is 11.5 Å². The lowest BCUT2D eigenvalue weighted by Crippen LogP contribution is -2.09. The Morgan fingerprint density at radius 1 is 0.893 bits per heavy atom. The lowest BCUT2D eigenvalue weighted by molar-refractivity contribution is 0.374. The average Bonchev–Trinajstić information content (AvgIpc) is 2.74. The van der Waals surface area contributed by atoms with E-state index >= 15 is 0 Å². The number of hydrogen-bond donors (Lipinski definition) is 2. The van der Waals surface area contributed by atoms with Crippen molar-refractivity contribution in [3.05, 3.63) is 78.4 Å². The molecular formula is C23H21N3O2. The molecule has 1 aromatic heterocycles. The minimum atomic E-state index is 0.0299. The minimum Gasteiger partial charge on any atom is -0.504 e. The first-order valence-electron chi connectivity index (χ1n) is 9.12. The first-order valence-corrected chi connectivity index (χ1v) is 9.12. The quantitative estimate of drug-likeness (QED) is 0.506. The second-order valence-electron chi connectivity index (χ2n) is 6.55. The van der Waals surface area contributed by atoms with Crippen molar-refractivity contribution in [2.75, 3.05) is 12.4 Å². The fourth-order valence-corrected chi connectivity index (χ4v) is 3.20. The zero-order valence-electron chi connectivity index (χ0n) is 15.8. The van der Waals surface area contributed by atoms with E-state index < -0.39 is 0 Å². The van der Waals surface area contributed by atoms with Crippen LogP contribution in [0.3, 0.4) is 0 Å². The minimum absolute atomic E-state index is 0.0299. The Morgan fingerprint density at radius 2 is 1.64 bits per heavy atom. The summed E-state index contributed by atoms with van der Waals surface area (Å²) in [5.74, 6) is 1.58. The second kappa shape index (κ2) is 7.56. The number of ether oxygens (including phenoxy) is 1. The monoisotopic (exact) mass is 371 g/mol. The van der Waals surface area contributed by atoms with Crippen molar-refractivity contribution in [3.63, 3.8) is 0 Å². The molecule has 0 bridgehead atoms. The van der Waals surface area contributed by atoms with Gasteiger partial charge in [-0.2, -0.15) is 0 Å². The molecule has 0 spiro atoms. The van der Waals surface area contributed by atoms with Gasteiger partial charge >= 0.3 is 0 Å². The van der Waals surface area contributed by atoms with Gasteiger partial charge in [-0.15, -0.1) is 0 Å². The number of fused-ring (bicyclic) bond motifs is 1. The Balaban J connectivity index is 1.82. The molecule has 140 valence electrons. The Bertz CT molecular complexity index is 1110. The summed E-state index contributed by atoms with van der Waals surface area (Å²) in [5.41, 5.74) is 2.49. The lowest BCUT2D eigenvalue weighted by Gasteiger charge is -2.17. The van der Waals surface area contributed by atoms with Gasteiger partial charge in [-0.3, -0.25) is 0 Å². The molecule has 2 N–H and O–H groups in total. The number of phenols is 1. The molecule has 4 aromatic rings. The molecule has 0 radical (unpaired) electrons. The SMILES string of the molecule is COc1cccc(-c2nc(N[C@@H](C)c3ccccc3)c3ccccc3n2)c1O. The van der Waals surface area contributed by atoms with E-state index in [2.05, 4.69) is 29.4 Å². The van der Waals surface area contributed by atoms with Crippen molar-refractivity contribution in [3.8, 4) is 22.9 Å². The largest absolute Gasteiger partial charge is 0.504 e. The Morgan fingerprint density at radius 3 is 2.43 bits per heavy atom. The van der Waals surface area contributed by atoms with Crippen molar-refractivity contribution in [2.24, 2.45) is 0 Å². The van der Waals surface area contributed by atoms with Crippen LogP contribution in [0.1, 0.15) is 18.5 Å². The van der Waals surface area contributed by atoms with E-state index in [1.54, 1.807) is 12.1 Å². The molecule has 0 saturated heterocycles. The molecule has 1 atom stereocenters. The number of nitrogens with zero attached hydrogens (tertiary/aromatic N) is 2. The molecule has 0 aliphatic heterocycles. The predicted molar refractivity (Wildman–Crippen MR) is 112 cm³/mol. The number of aromatic nitrogens is 2. The van der Waals surface area contributed by atoms with Crippen LogP contribution in [0.25, 0.3) is 22.3 Å². The number of phenolic OH excluding ortho intramolecular Hbond substituents is 1. The normalized spacial score (nSPS) is 11.9. The molecule has 5 nitrogen and oxygen atoms in total. The van der Waals surface area contributed by atoms with E-state index in [0.29, 0.717) is 17.1 Å². The van der Waals surface area contributed by atoms with Crippen LogP contribution in [0.15, 0.2) is 72.8 Å². The van der Waals surface area contributed by atoms with Gasteiger partial charge in [0, 0.05) is 11.4 Å². The van der Waals surface area contributed by atoms with Crippen LogP contribution in [0.4, 0.5) is 5.82 Å². The summed E-state index contributed by atoms with van der Waals surface area (Å²) in [6, 6.07) is 23.4. The van der Waals surface area contributed by atoms with Crippen molar-refractivity contribution in [1.29, 1.82) is 0 Å². The molecule has 1 heterocycles. The third-order valence-electron chi connectivity index (χ3n) is 4.72. The number of benzene rings is 3. The van der Waals surface area contributed by atoms with Crippen molar-refractivity contribution < 1.29 is 9.84 Å². The van der Waals surface area contributed by atoms with Crippen LogP contribution in [0, 0.1) is 0 Å². The van der Waals surface area contributed by atoms with Crippen molar-refractivity contribution in [1.82, 2.24) is 9.97 Å². The highest BCUT2D eigenvalue weighted by atomic mass is 16.5. The summed E-state index contributed by atoms with van der Waals surface area (Å²) >= 11 is 0. The van der Waals surface area contributed by atoms with Crippen LogP contribution in [-0.2, 0) is 0 Å². The zero-order chi connectivity index (χ0) is 19.5. The molecule has 28 heavy (non-hydrogen) atoms. The van der Waals surface area contributed by atoms with Crippen LogP contribution < -0.4 is 10.1 Å². The number of methoxy groups -OCH3 is 1. The summed E-state index contributed by atoms with van der Waals surface area (Å²) < 4.78 is 5.23. The highest BCUT2D eigenvalue weighted by Gasteiger charge is 2.16. The molecule has 4 rings (SSSR count). The zero-order valence-corrected chi connectivity index (χ0v) is 15.8. The number of rotatable bonds is 5. The Hall–Kier alpha value is -3.60. The summed E-state index contributed by atoms with van der Waals surface area (Å²) in [5, 5.41) is 15.0. The molecule has 5 heteroatoms. The van der Waals surface area contributed by atoms with E-state index in [1.807, 2.05) is 48.5 Å². The van der Waals surface area contributed by atoms with Gasteiger partial charge in [-0.1, -0.05) is 48.5 Å². The van der Waals surface area contributed by atoms with Crippen molar-refractivity contribution >= 4 is 16.7 Å². The first kappa shape index (κ1) is 17.8. The molecule has 0 aliphatic carbocycles. The highest BCUT2D eigenvalue weighted by Crippen LogP contribution is 2.37. The summed E-state index contributed by atoms with van der Waals surface area (Å²) in [6.07, 6.45) is 0. The highest BCUT2D eigenvalue weighted by molar-refractivity contribution is 5.91. The third-order valence-corrected chi connectivity index (χ3v) is 4.72. The smallest absolute Gasteiger partial charge is 0.168 e. The third kappa shape index (κ3) is 3.34. The maximum Gasteiger partial charge on any atom is 0.168 e.